The number of hydrogen-bond donors (Lipinski definition) is 1. The van der Waals surface area contributed by atoms with Gasteiger partial charge >= 0.3 is 0 Å². The van der Waals surface area contributed by atoms with Crippen LogP contribution >= 0.6 is 0 Å². The van der Waals surface area contributed by atoms with Gasteiger partial charge in [0.2, 0.25) is 0 Å². The van der Waals surface area contributed by atoms with Gasteiger partial charge in [-0.2, -0.15) is 0 Å². The van der Waals surface area contributed by atoms with E-state index in [0.29, 0.717) is 12.2 Å². The molecular weight excluding hydrogens is 261 g/mol. The molecule has 1 aromatic heterocycles. The monoisotopic (exact) mass is 275 g/mol. The number of aryl methyl sites for hydroxylation is 1. The first-order valence-corrected chi connectivity index (χ1v) is 6.21. The van der Waals surface area contributed by atoms with E-state index in [9.17, 15) is 14.5 Å². The molecule has 0 radical (unpaired) electrons. The standard InChI is InChI=1S/C14H14FN3O2/c1-2-10-4-3-5-16-14(10)9-17-12-6-11(15)7-13(8-12)18(19)20/h3-8,17H,2,9H2,1H3. The number of non-ortho nitro benzene ring substituents is 1. The first-order chi connectivity index (χ1) is 9.60. The van der Waals surface area contributed by atoms with E-state index in [1.165, 1.54) is 12.1 Å². The van der Waals surface area contributed by atoms with E-state index < -0.39 is 10.7 Å². The predicted molar refractivity (Wildman–Crippen MR) is 74.0 cm³/mol. The molecule has 0 aliphatic heterocycles. The largest absolute Gasteiger partial charge is 0.379 e. The van der Waals surface area contributed by atoms with Gasteiger partial charge in [-0.1, -0.05) is 13.0 Å². The summed E-state index contributed by atoms with van der Waals surface area (Å²) in [5.74, 6) is -0.640. The Morgan fingerprint density at radius 2 is 2.20 bits per heavy atom. The van der Waals surface area contributed by atoms with Crippen LogP contribution in [0, 0.1) is 15.9 Å². The fraction of sp³-hybridized carbons (Fsp3) is 0.214. The zero-order chi connectivity index (χ0) is 14.5. The lowest BCUT2D eigenvalue weighted by Gasteiger charge is -2.09. The van der Waals surface area contributed by atoms with Crippen molar-refractivity contribution in [3.63, 3.8) is 0 Å². The van der Waals surface area contributed by atoms with E-state index in [0.717, 1.165) is 23.7 Å². The van der Waals surface area contributed by atoms with Crippen LogP contribution in [0.3, 0.4) is 0 Å². The average Bonchev–Trinajstić information content (AvgIpc) is 2.44. The van der Waals surface area contributed by atoms with Crippen LogP contribution < -0.4 is 5.32 Å². The summed E-state index contributed by atoms with van der Waals surface area (Å²) < 4.78 is 13.3. The van der Waals surface area contributed by atoms with Gasteiger partial charge < -0.3 is 5.32 Å². The van der Waals surface area contributed by atoms with Gasteiger partial charge in [-0.15, -0.1) is 0 Å². The van der Waals surface area contributed by atoms with E-state index in [-0.39, 0.29) is 5.69 Å². The maximum absolute atomic E-state index is 13.3. The summed E-state index contributed by atoms with van der Waals surface area (Å²) in [6.45, 7) is 2.41. The van der Waals surface area contributed by atoms with Gasteiger partial charge in [0.1, 0.15) is 5.82 Å². The van der Waals surface area contributed by atoms with E-state index in [2.05, 4.69) is 10.3 Å². The number of benzene rings is 1. The molecule has 5 nitrogen and oxygen atoms in total. The topological polar surface area (TPSA) is 68.1 Å². The van der Waals surface area contributed by atoms with Crippen molar-refractivity contribution in [2.24, 2.45) is 0 Å². The van der Waals surface area contributed by atoms with Gasteiger partial charge in [0, 0.05) is 18.0 Å². The van der Waals surface area contributed by atoms with Crippen LogP contribution in [0.25, 0.3) is 0 Å². The van der Waals surface area contributed by atoms with Crippen LogP contribution in [0.1, 0.15) is 18.2 Å². The van der Waals surface area contributed by atoms with Gasteiger partial charge in [-0.05, 0) is 24.1 Å². The van der Waals surface area contributed by atoms with E-state index in [4.69, 9.17) is 0 Å². The molecule has 0 spiro atoms. The van der Waals surface area contributed by atoms with Crippen molar-refractivity contribution in [3.05, 3.63) is 63.7 Å². The van der Waals surface area contributed by atoms with Crippen LogP contribution in [-0.2, 0) is 13.0 Å². The van der Waals surface area contributed by atoms with Gasteiger partial charge in [0.25, 0.3) is 5.69 Å². The van der Waals surface area contributed by atoms with Crippen LogP contribution in [0.15, 0.2) is 36.5 Å². The molecular formula is C14H14FN3O2. The zero-order valence-electron chi connectivity index (χ0n) is 11.0. The lowest BCUT2D eigenvalue weighted by atomic mass is 10.1. The summed E-state index contributed by atoms with van der Waals surface area (Å²) in [5.41, 5.74) is 2.03. The Kier molecular flexibility index (Phi) is 4.24. The number of halogens is 1. The van der Waals surface area contributed by atoms with Crippen molar-refractivity contribution < 1.29 is 9.31 Å². The molecule has 0 aliphatic carbocycles. The Labute approximate surface area is 115 Å². The van der Waals surface area contributed by atoms with Crippen LogP contribution in [0.2, 0.25) is 0 Å². The number of anilines is 1. The van der Waals surface area contributed by atoms with E-state index >= 15 is 0 Å². The molecule has 1 heterocycles. The summed E-state index contributed by atoms with van der Waals surface area (Å²) in [6.07, 6.45) is 2.53. The molecule has 0 saturated carbocycles. The Morgan fingerprint density at radius 3 is 2.90 bits per heavy atom. The Hall–Kier alpha value is -2.50. The number of nitro groups is 1. The Morgan fingerprint density at radius 1 is 1.40 bits per heavy atom. The second kappa shape index (κ2) is 6.10. The number of nitrogens with zero attached hydrogens (tertiary/aromatic N) is 2. The molecule has 0 bridgehead atoms. The molecule has 0 atom stereocenters. The maximum atomic E-state index is 13.3. The quantitative estimate of drug-likeness (QED) is 0.671. The van der Waals surface area contributed by atoms with Crippen molar-refractivity contribution in [1.82, 2.24) is 4.98 Å². The third kappa shape index (κ3) is 3.28. The van der Waals surface area contributed by atoms with E-state index in [1.54, 1.807) is 6.20 Å². The first-order valence-electron chi connectivity index (χ1n) is 6.21. The number of nitro benzene ring substituents is 1. The number of nitrogens with one attached hydrogen (secondary N) is 1. The number of aromatic nitrogens is 1. The van der Waals surface area contributed by atoms with Crippen LogP contribution in [-0.4, -0.2) is 9.91 Å². The maximum Gasteiger partial charge on any atom is 0.274 e. The highest BCUT2D eigenvalue weighted by Gasteiger charge is 2.10. The summed E-state index contributed by atoms with van der Waals surface area (Å²) in [4.78, 5) is 14.3. The normalized spacial score (nSPS) is 10.3. The summed E-state index contributed by atoms with van der Waals surface area (Å²) in [7, 11) is 0. The lowest BCUT2D eigenvalue weighted by Crippen LogP contribution is -2.05. The highest BCUT2D eigenvalue weighted by Crippen LogP contribution is 2.20. The van der Waals surface area contributed by atoms with Gasteiger partial charge in [0.05, 0.1) is 23.2 Å². The number of rotatable bonds is 5. The third-order valence-electron chi connectivity index (χ3n) is 2.92. The second-order valence-corrected chi connectivity index (χ2v) is 4.27. The molecule has 0 amide bonds. The zero-order valence-corrected chi connectivity index (χ0v) is 11.0. The number of hydrogen-bond acceptors (Lipinski definition) is 4. The van der Waals surface area contributed by atoms with Gasteiger partial charge in [-0.25, -0.2) is 4.39 Å². The Bertz CT molecular complexity index is 632. The fourth-order valence-electron chi connectivity index (χ4n) is 1.92. The SMILES string of the molecule is CCc1cccnc1CNc1cc(F)cc([N+](=O)[O-])c1. The molecule has 1 aromatic carbocycles. The molecule has 1 N–H and O–H groups in total. The summed E-state index contributed by atoms with van der Waals surface area (Å²) >= 11 is 0. The third-order valence-corrected chi connectivity index (χ3v) is 2.92. The summed E-state index contributed by atoms with van der Waals surface area (Å²) in [5, 5.41) is 13.6. The highest BCUT2D eigenvalue weighted by molar-refractivity contribution is 5.51. The minimum Gasteiger partial charge on any atom is -0.379 e. The molecule has 0 unspecified atom stereocenters. The molecule has 2 rings (SSSR count). The predicted octanol–water partition coefficient (Wildman–Crippen LogP) is 3.30. The smallest absolute Gasteiger partial charge is 0.274 e. The van der Waals surface area contributed by atoms with Gasteiger partial charge in [-0.3, -0.25) is 15.1 Å². The van der Waals surface area contributed by atoms with Crippen molar-refractivity contribution >= 4 is 11.4 Å². The minimum atomic E-state index is -0.640. The van der Waals surface area contributed by atoms with Crippen molar-refractivity contribution in [1.29, 1.82) is 0 Å². The van der Waals surface area contributed by atoms with Crippen molar-refractivity contribution in [3.8, 4) is 0 Å². The van der Waals surface area contributed by atoms with Crippen molar-refractivity contribution in [2.45, 2.75) is 19.9 Å². The fourth-order valence-corrected chi connectivity index (χ4v) is 1.92. The van der Waals surface area contributed by atoms with E-state index in [1.807, 2.05) is 19.1 Å². The first kappa shape index (κ1) is 13.9. The summed E-state index contributed by atoms with van der Waals surface area (Å²) in [6, 6.07) is 7.25. The molecule has 104 valence electrons. The van der Waals surface area contributed by atoms with Gasteiger partial charge in [0.15, 0.2) is 0 Å². The molecule has 0 fully saturated rings. The molecule has 6 heteroatoms. The Balaban J connectivity index is 2.16. The van der Waals surface area contributed by atoms with Crippen molar-refractivity contribution in [2.75, 3.05) is 5.32 Å². The number of pyridine rings is 1. The van der Waals surface area contributed by atoms with Crippen LogP contribution in [0.4, 0.5) is 15.8 Å². The molecule has 2 aromatic rings. The molecule has 20 heavy (non-hydrogen) atoms. The molecule has 0 saturated heterocycles. The highest BCUT2D eigenvalue weighted by atomic mass is 19.1. The lowest BCUT2D eigenvalue weighted by molar-refractivity contribution is -0.385. The second-order valence-electron chi connectivity index (χ2n) is 4.27. The minimum absolute atomic E-state index is 0.274. The molecule has 0 aliphatic rings. The van der Waals surface area contributed by atoms with Crippen LogP contribution in [0.5, 0.6) is 0 Å². The average molecular weight is 275 g/mol.